The number of furan rings is 1. The van der Waals surface area contributed by atoms with Gasteiger partial charge in [-0.15, -0.1) is 0 Å². The van der Waals surface area contributed by atoms with Crippen LogP contribution >= 0.6 is 0 Å². The van der Waals surface area contributed by atoms with E-state index in [0.717, 1.165) is 0 Å². The van der Waals surface area contributed by atoms with Gasteiger partial charge in [0.15, 0.2) is 0 Å². The van der Waals surface area contributed by atoms with Crippen molar-refractivity contribution in [3.63, 3.8) is 0 Å². The van der Waals surface area contributed by atoms with Gasteiger partial charge >= 0.3 is 0 Å². The van der Waals surface area contributed by atoms with E-state index < -0.39 is 15.9 Å². The molecule has 0 atom stereocenters. The average molecular weight is 415 g/mol. The molecular weight excluding hydrogens is 394 g/mol. The summed E-state index contributed by atoms with van der Waals surface area (Å²) in [7, 11) is -2.31. The highest BCUT2D eigenvalue weighted by atomic mass is 32.2. The first kappa shape index (κ1) is 20.6. The van der Waals surface area contributed by atoms with Gasteiger partial charge in [-0.25, -0.2) is 18.1 Å². The molecule has 2 heterocycles. The fourth-order valence-electron chi connectivity index (χ4n) is 2.69. The molecule has 0 aliphatic carbocycles. The first-order valence-corrected chi connectivity index (χ1v) is 10.3. The summed E-state index contributed by atoms with van der Waals surface area (Å²) in [6, 6.07) is 11.3. The summed E-state index contributed by atoms with van der Waals surface area (Å²) in [5.74, 6) is 0.517. The SMILES string of the molecule is COc1ncccc1CNC(=O)c1cc(S(=O)(=O)NCc2ccco2)ccc1C. The number of methoxy groups -OCH3 is 1. The van der Waals surface area contributed by atoms with Gasteiger partial charge in [0.2, 0.25) is 15.9 Å². The summed E-state index contributed by atoms with van der Waals surface area (Å²) in [4.78, 5) is 16.7. The summed E-state index contributed by atoms with van der Waals surface area (Å²) in [6.45, 7) is 1.96. The van der Waals surface area contributed by atoms with Crippen LogP contribution in [0.5, 0.6) is 5.88 Å². The lowest BCUT2D eigenvalue weighted by atomic mass is 10.1. The Labute approximate surface area is 169 Å². The molecule has 0 bridgehead atoms. The lowest BCUT2D eigenvalue weighted by Gasteiger charge is -2.12. The van der Waals surface area contributed by atoms with E-state index in [1.165, 1.54) is 25.5 Å². The molecule has 0 unspecified atom stereocenters. The minimum absolute atomic E-state index is 0.00114. The quantitative estimate of drug-likeness (QED) is 0.585. The van der Waals surface area contributed by atoms with E-state index in [4.69, 9.17) is 9.15 Å². The van der Waals surface area contributed by atoms with Crippen LogP contribution in [0.4, 0.5) is 0 Å². The molecule has 0 spiro atoms. The lowest BCUT2D eigenvalue weighted by molar-refractivity contribution is 0.0950. The molecule has 0 fully saturated rings. The third-order valence-corrected chi connectivity index (χ3v) is 5.66. The van der Waals surface area contributed by atoms with Crippen molar-refractivity contribution in [2.75, 3.05) is 7.11 Å². The first-order valence-electron chi connectivity index (χ1n) is 8.79. The minimum Gasteiger partial charge on any atom is -0.481 e. The van der Waals surface area contributed by atoms with Gasteiger partial charge < -0.3 is 14.5 Å². The van der Waals surface area contributed by atoms with Crippen LogP contribution in [0.2, 0.25) is 0 Å². The van der Waals surface area contributed by atoms with Gasteiger partial charge in [0.1, 0.15) is 5.76 Å². The van der Waals surface area contributed by atoms with Crippen LogP contribution in [0.3, 0.4) is 0 Å². The second-order valence-electron chi connectivity index (χ2n) is 6.24. The normalized spacial score (nSPS) is 11.2. The van der Waals surface area contributed by atoms with Crippen LogP contribution in [0.15, 0.2) is 64.2 Å². The largest absolute Gasteiger partial charge is 0.481 e. The monoisotopic (exact) mass is 415 g/mol. The summed E-state index contributed by atoms with van der Waals surface area (Å²) in [6.07, 6.45) is 3.06. The van der Waals surface area contributed by atoms with Crippen molar-refractivity contribution in [2.24, 2.45) is 0 Å². The van der Waals surface area contributed by atoms with Crippen LogP contribution in [0.1, 0.15) is 27.2 Å². The van der Waals surface area contributed by atoms with Crippen LogP contribution in [-0.4, -0.2) is 26.4 Å². The number of nitrogens with one attached hydrogen (secondary N) is 2. The van der Waals surface area contributed by atoms with Gasteiger partial charge in [0.25, 0.3) is 5.91 Å². The highest BCUT2D eigenvalue weighted by Gasteiger charge is 2.18. The van der Waals surface area contributed by atoms with Crippen LogP contribution < -0.4 is 14.8 Å². The van der Waals surface area contributed by atoms with Crippen LogP contribution in [-0.2, 0) is 23.1 Å². The molecule has 1 amide bonds. The molecule has 0 saturated heterocycles. The summed E-state index contributed by atoms with van der Waals surface area (Å²) in [5, 5.41) is 2.77. The number of aromatic nitrogens is 1. The third-order valence-electron chi connectivity index (χ3n) is 4.26. The molecule has 0 aliphatic rings. The zero-order valence-corrected chi connectivity index (χ0v) is 16.8. The fraction of sp³-hybridized carbons (Fsp3) is 0.200. The number of benzene rings is 1. The fourth-order valence-corrected chi connectivity index (χ4v) is 3.71. The maximum absolute atomic E-state index is 12.7. The van der Waals surface area contributed by atoms with Crippen molar-refractivity contribution in [2.45, 2.75) is 24.9 Å². The molecule has 9 heteroatoms. The van der Waals surface area contributed by atoms with Gasteiger partial charge in [-0.05, 0) is 42.8 Å². The molecular formula is C20H21N3O5S. The van der Waals surface area contributed by atoms with E-state index >= 15 is 0 Å². The Kier molecular flexibility index (Phi) is 6.30. The zero-order chi connectivity index (χ0) is 20.9. The van der Waals surface area contributed by atoms with Crippen molar-refractivity contribution >= 4 is 15.9 Å². The van der Waals surface area contributed by atoms with Crippen molar-refractivity contribution in [1.82, 2.24) is 15.0 Å². The first-order chi connectivity index (χ1) is 13.9. The summed E-state index contributed by atoms with van der Waals surface area (Å²) in [5.41, 5.74) is 1.64. The highest BCUT2D eigenvalue weighted by molar-refractivity contribution is 7.89. The Morgan fingerprint density at radius 3 is 2.72 bits per heavy atom. The zero-order valence-electron chi connectivity index (χ0n) is 16.0. The molecule has 8 nitrogen and oxygen atoms in total. The number of ether oxygens (including phenoxy) is 1. The van der Waals surface area contributed by atoms with E-state index in [0.29, 0.717) is 22.8 Å². The second kappa shape index (κ2) is 8.89. The van der Waals surface area contributed by atoms with Gasteiger partial charge in [-0.3, -0.25) is 4.79 Å². The predicted octanol–water partition coefficient (Wildman–Crippen LogP) is 2.40. The molecule has 29 heavy (non-hydrogen) atoms. The maximum Gasteiger partial charge on any atom is 0.251 e. The Hall–Kier alpha value is -3.17. The van der Waals surface area contributed by atoms with Crippen molar-refractivity contribution in [1.29, 1.82) is 0 Å². The summed E-state index contributed by atoms with van der Waals surface area (Å²) < 4.78 is 37.9. The van der Waals surface area contributed by atoms with E-state index in [1.807, 2.05) is 0 Å². The van der Waals surface area contributed by atoms with Crippen molar-refractivity contribution in [3.8, 4) is 5.88 Å². The number of hydrogen-bond acceptors (Lipinski definition) is 6. The van der Waals surface area contributed by atoms with E-state index in [1.54, 1.807) is 43.5 Å². The summed E-state index contributed by atoms with van der Waals surface area (Å²) >= 11 is 0. The molecule has 0 aliphatic heterocycles. The van der Waals surface area contributed by atoms with Gasteiger partial charge in [-0.2, -0.15) is 0 Å². The van der Waals surface area contributed by atoms with Crippen molar-refractivity contribution < 1.29 is 22.4 Å². The molecule has 2 aromatic heterocycles. The molecule has 2 N–H and O–H groups in total. The molecule has 152 valence electrons. The van der Waals surface area contributed by atoms with Gasteiger partial charge in [-0.1, -0.05) is 12.1 Å². The topological polar surface area (TPSA) is 111 Å². The molecule has 3 rings (SSSR count). The Bertz CT molecular complexity index is 1100. The van der Waals surface area contributed by atoms with Gasteiger partial charge in [0.05, 0.1) is 24.8 Å². The smallest absolute Gasteiger partial charge is 0.251 e. The molecule has 0 saturated carbocycles. The number of nitrogens with zero attached hydrogens (tertiary/aromatic N) is 1. The number of pyridine rings is 1. The van der Waals surface area contributed by atoms with Crippen LogP contribution in [0.25, 0.3) is 0 Å². The Balaban J connectivity index is 1.74. The van der Waals surface area contributed by atoms with E-state index in [-0.39, 0.29) is 23.5 Å². The number of rotatable bonds is 8. The van der Waals surface area contributed by atoms with E-state index in [9.17, 15) is 13.2 Å². The Morgan fingerprint density at radius 1 is 1.17 bits per heavy atom. The standard InChI is InChI=1S/C20H21N3O5S/c1-14-7-8-17(29(25,26)23-13-16-6-4-10-28-16)11-18(14)19(24)22-12-15-5-3-9-21-20(15)27-2/h3-11,23H,12-13H2,1-2H3,(H,22,24). The minimum atomic E-state index is -3.81. The number of aryl methyl sites for hydroxylation is 1. The second-order valence-corrected chi connectivity index (χ2v) is 8.00. The molecule has 0 radical (unpaired) electrons. The van der Waals surface area contributed by atoms with E-state index in [2.05, 4.69) is 15.0 Å². The lowest BCUT2D eigenvalue weighted by Crippen LogP contribution is -2.26. The predicted molar refractivity (Wildman–Crippen MR) is 106 cm³/mol. The van der Waals surface area contributed by atoms with Crippen LogP contribution in [0, 0.1) is 6.92 Å². The maximum atomic E-state index is 12.7. The number of carbonyl (C=O) groups excluding carboxylic acids is 1. The van der Waals surface area contributed by atoms with Crippen molar-refractivity contribution in [3.05, 3.63) is 77.4 Å². The molecule has 1 aromatic carbocycles. The number of carbonyl (C=O) groups is 1. The number of amides is 1. The third kappa shape index (κ3) is 5.01. The highest BCUT2D eigenvalue weighted by Crippen LogP contribution is 2.18. The number of hydrogen-bond donors (Lipinski definition) is 2. The molecule has 3 aromatic rings. The Morgan fingerprint density at radius 2 is 2.00 bits per heavy atom. The number of sulfonamides is 1. The van der Waals surface area contributed by atoms with Gasteiger partial charge in [0, 0.05) is 23.9 Å². The average Bonchev–Trinajstić information content (AvgIpc) is 3.24.